The Morgan fingerprint density at radius 1 is 1.30 bits per heavy atom. The summed E-state index contributed by atoms with van der Waals surface area (Å²) in [6.45, 7) is 11.5. The van der Waals surface area contributed by atoms with Gasteiger partial charge in [-0.1, -0.05) is 0 Å². The zero-order valence-corrected chi connectivity index (χ0v) is 14.7. The summed E-state index contributed by atoms with van der Waals surface area (Å²) in [5.74, 6) is 0.785. The Bertz CT molecular complexity index is 494. The molecule has 7 nitrogen and oxygen atoms in total. The summed E-state index contributed by atoms with van der Waals surface area (Å²) in [7, 11) is 1.73. The minimum absolute atomic E-state index is 0.0257. The Labute approximate surface area is 138 Å². The van der Waals surface area contributed by atoms with Gasteiger partial charge < -0.3 is 10.1 Å². The molecule has 1 fully saturated rings. The van der Waals surface area contributed by atoms with Crippen LogP contribution in [0.15, 0.2) is 12.3 Å². The molecule has 0 bridgehead atoms. The van der Waals surface area contributed by atoms with Gasteiger partial charge in [-0.25, -0.2) is 4.68 Å². The third-order valence-corrected chi connectivity index (χ3v) is 4.36. The molecule has 1 atom stereocenters. The van der Waals surface area contributed by atoms with E-state index in [-0.39, 0.29) is 18.0 Å². The first kappa shape index (κ1) is 17.9. The van der Waals surface area contributed by atoms with Crippen molar-refractivity contribution < 1.29 is 9.53 Å². The summed E-state index contributed by atoms with van der Waals surface area (Å²) in [5.41, 5.74) is 0. The van der Waals surface area contributed by atoms with Crippen LogP contribution in [0.25, 0.3) is 0 Å². The second-order valence-corrected chi connectivity index (χ2v) is 6.29. The van der Waals surface area contributed by atoms with Crippen LogP contribution in [0.2, 0.25) is 0 Å². The van der Waals surface area contributed by atoms with E-state index < -0.39 is 0 Å². The molecule has 0 aromatic carbocycles. The SMILES string of the molecule is COCCN1CCN([C@H](C)C(=O)Nc2ccnn2C(C)C)CC1. The van der Waals surface area contributed by atoms with Gasteiger partial charge in [0.1, 0.15) is 5.82 Å². The van der Waals surface area contributed by atoms with Gasteiger partial charge in [0.2, 0.25) is 5.91 Å². The summed E-state index contributed by atoms with van der Waals surface area (Å²) in [6.07, 6.45) is 1.72. The predicted octanol–water partition coefficient (Wildman–Crippen LogP) is 1.06. The van der Waals surface area contributed by atoms with E-state index >= 15 is 0 Å². The lowest BCUT2D eigenvalue weighted by Gasteiger charge is -2.37. The fourth-order valence-electron chi connectivity index (χ4n) is 2.82. The highest BCUT2D eigenvalue weighted by Crippen LogP contribution is 2.14. The predicted molar refractivity (Wildman–Crippen MR) is 90.6 cm³/mol. The van der Waals surface area contributed by atoms with Crippen molar-refractivity contribution >= 4 is 11.7 Å². The van der Waals surface area contributed by atoms with Crippen LogP contribution in [0.5, 0.6) is 0 Å². The lowest BCUT2D eigenvalue weighted by atomic mass is 10.2. The van der Waals surface area contributed by atoms with Gasteiger partial charge in [0, 0.05) is 51.9 Å². The van der Waals surface area contributed by atoms with Crippen molar-refractivity contribution in [2.75, 3.05) is 51.8 Å². The lowest BCUT2D eigenvalue weighted by molar-refractivity contribution is -0.121. The Morgan fingerprint density at radius 3 is 2.61 bits per heavy atom. The minimum Gasteiger partial charge on any atom is -0.383 e. The van der Waals surface area contributed by atoms with Crippen molar-refractivity contribution in [2.24, 2.45) is 0 Å². The average molecular weight is 323 g/mol. The van der Waals surface area contributed by atoms with E-state index in [1.54, 1.807) is 13.3 Å². The molecule has 2 heterocycles. The number of piperazine rings is 1. The summed E-state index contributed by atoms with van der Waals surface area (Å²) in [6, 6.07) is 1.92. The summed E-state index contributed by atoms with van der Waals surface area (Å²) in [5, 5.41) is 7.25. The molecule has 1 saturated heterocycles. The van der Waals surface area contributed by atoms with E-state index in [0.29, 0.717) is 0 Å². The molecular weight excluding hydrogens is 294 g/mol. The molecule has 1 aromatic heterocycles. The van der Waals surface area contributed by atoms with Crippen LogP contribution in [0.1, 0.15) is 26.8 Å². The van der Waals surface area contributed by atoms with Crippen LogP contribution in [0.4, 0.5) is 5.82 Å². The van der Waals surface area contributed by atoms with Gasteiger partial charge >= 0.3 is 0 Å². The van der Waals surface area contributed by atoms with Gasteiger partial charge in [-0.3, -0.25) is 14.6 Å². The second-order valence-electron chi connectivity index (χ2n) is 6.29. The number of nitrogens with zero attached hydrogens (tertiary/aromatic N) is 4. The fraction of sp³-hybridized carbons (Fsp3) is 0.750. The van der Waals surface area contributed by atoms with Crippen molar-refractivity contribution in [2.45, 2.75) is 32.9 Å². The van der Waals surface area contributed by atoms with Crippen LogP contribution in [-0.2, 0) is 9.53 Å². The number of rotatable bonds is 7. The number of anilines is 1. The van der Waals surface area contributed by atoms with Crippen molar-refractivity contribution in [1.82, 2.24) is 19.6 Å². The number of hydrogen-bond donors (Lipinski definition) is 1. The first-order valence-electron chi connectivity index (χ1n) is 8.32. The number of methoxy groups -OCH3 is 1. The molecule has 1 N–H and O–H groups in total. The third kappa shape index (κ3) is 4.76. The van der Waals surface area contributed by atoms with E-state index in [0.717, 1.165) is 45.1 Å². The van der Waals surface area contributed by atoms with Crippen LogP contribution >= 0.6 is 0 Å². The molecule has 0 spiro atoms. The summed E-state index contributed by atoms with van der Waals surface area (Å²) < 4.78 is 6.95. The van der Waals surface area contributed by atoms with E-state index in [2.05, 4.69) is 20.2 Å². The molecule has 0 saturated carbocycles. The Morgan fingerprint density at radius 2 is 2.00 bits per heavy atom. The van der Waals surface area contributed by atoms with Crippen LogP contribution in [-0.4, -0.2) is 78.0 Å². The molecule has 0 aliphatic carbocycles. The van der Waals surface area contributed by atoms with Crippen LogP contribution in [0, 0.1) is 0 Å². The molecular formula is C16H29N5O2. The van der Waals surface area contributed by atoms with Gasteiger partial charge in [-0.05, 0) is 20.8 Å². The molecule has 23 heavy (non-hydrogen) atoms. The maximum Gasteiger partial charge on any atom is 0.242 e. The largest absolute Gasteiger partial charge is 0.383 e. The number of nitrogens with one attached hydrogen (secondary N) is 1. The Kier molecular flexibility index (Phi) is 6.56. The smallest absolute Gasteiger partial charge is 0.242 e. The molecule has 1 aliphatic heterocycles. The van der Waals surface area contributed by atoms with Gasteiger partial charge in [-0.2, -0.15) is 5.10 Å². The number of carbonyl (C=O) groups is 1. The fourth-order valence-corrected chi connectivity index (χ4v) is 2.82. The number of hydrogen-bond acceptors (Lipinski definition) is 5. The topological polar surface area (TPSA) is 62.6 Å². The summed E-state index contributed by atoms with van der Waals surface area (Å²) >= 11 is 0. The second kappa shape index (κ2) is 8.42. The molecule has 130 valence electrons. The molecule has 1 aromatic rings. The van der Waals surface area contributed by atoms with Crippen molar-refractivity contribution in [1.29, 1.82) is 0 Å². The number of amides is 1. The van der Waals surface area contributed by atoms with Gasteiger partial charge in [-0.15, -0.1) is 0 Å². The standard InChI is InChI=1S/C16H29N5O2/c1-13(2)21-15(5-6-17-21)18-16(22)14(3)20-9-7-19(8-10-20)11-12-23-4/h5-6,13-14H,7-12H2,1-4H3,(H,18,22)/t14-/m1/s1. The first-order valence-corrected chi connectivity index (χ1v) is 8.32. The first-order chi connectivity index (χ1) is 11.0. The van der Waals surface area contributed by atoms with Gasteiger partial charge in [0.25, 0.3) is 0 Å². The lowest BCUT2D eigenvalue weighted by Crippen LogP contribution is -2.53. The van der Waals surface area contributed by atoms with E-state index in [4.69, 9.17) is 4.74 Å². The van der Waals surface area contributed by atoms with E-state index in [9.17, 15) is 4.79 Å². The molecule has 2 rings (SSSR count). The molecule has 1 aliphatic rings. The van der Waals surface area contributed by atoms with Crippen LogP contribution < -0.4 is 5.32 Å². The van der Waals surface area contributed by atoms with E-state index in [1.807, 2.05) is 31.5 Å². The van der Waals surface area contributed by atoms with Crippen molar-refractivity contribution in [3.05, 3.63) is 12.3 Å². The van der Waals surface area contributed by atoms with Crippen LogP contribution in [0.3, 0.4) is 0 Å². The average Bonchev–Trinajstić information content (AvgIpc) is 3.01. The normalized spacial score (nSPS) is 18.3. The Balaban J connectivity index is 1.85. The molecule has 0 radical (unpaired) electrons. The highest BCUT2D eigenvalue weighted by molar-refractivity contribution is 5.93. The van der Waals surface area contributed by atoms with Crippen molar-refractivity contribution in [3.63, 3.8) is 0 Å². The summed E-state index contributed by atoms with van der Waals surface area (Å²) in [4.78, 5) is 17.1. The Hall–Kier alpha value is -1.44. The molecule has 0 unspecified atom stereocenters. The van der Waals surface area contributed by atoms with Gasteiger partial charge in [0.05, 0.1) is 18.8 Å². The molecule has 7 heteroatoms. The third-order valence-electron chi connectivity index (χ3n) is 4.36. The van der Waals surface area contributed by atoms with Crippen molar-refractivity contribution in [3.8, 4) is 0 Å². The highest BCUT2D eigenvalue weighted by Gasteiger charge is 2.26. The quantitative estimate of drug-likeness (QED) is 0.813. The van der Waals surface area contributed by atoms with Gasteiger partial charge in [0.15, 0.2) is 0 Å². The number of carbonyl (C=O) groups excluding carboxylic acids is 1. The maximum atomic E-state index is 12.5. The van der Waals surface area contributed by atoms with E-state index in [1.165, 1.54) is 0 Å². The number of aromatic nitrogens is 2. The number of ether oxygens (including phenoxy) is 1. The minimum atomic E-state index is -0.143. The zero-order chi connectivity index (χ0) is 16.8. The highest BCUT2D eigenvalue weighted by atomic mass is 16.5. The molecule has 1 amide bonds. The monoisotopic (exact) mass is 323 g/mol. The maximum absolute atomic E-state index is 12.5. The zero-order valence-electron chi connectivity index (χ0n) is 14.7.